The van der Waals surface area contributed by atoms with Gasteiger partial charge in [0.15, 0.2) is 0 Å². The first-order valence-electron chi connectivity index (χ1n) is 7.01. The van der Waals surface area contributed by atoms with E-state index in [9.17, 15) is 13.2 Å². The Morgan fingerprint density at radius 1 is 1.25 bits per heavy atom. The van der Waals surface area contributed by atoms with Gasteiger partial charge in [-0.3, -0.25) is 9.69 Å². The normalized spacial score (nSPS) is 28.4. The highest BCUT2D eigenvalue weighted by Gasteiger charge is 2.34. The van der Waals surface area contributed by atoms with Gasteiger partial charge in [-0.25, -0.2) is 13.1 Å². The van der Waals surface area contributed by atoms with E-state index in [4.69, 9.17) is 4.74 Å². The molecule has 7 nitrogen and oxygen atoms in total. The summed E-state index contributed by atoms with van der Waals surface area (Å²) in [5.41, 5.74) is 0. The van der Waals surface area contributed by atoms with E-state index in [1.807, 2.05) is 0 Å². The second-order valence-corrected chi connectivity index (χ2v) is 7.30. The van der Waals surface area contributed by atoms with Crippen LogP contribution in [0.15, 0.2) is 0 Å². The number of sulfonamides is 1. The van der Waals surface area contributed by atoms with Crippen molar-refractivity contribution in [1.82, 2.24) is 14.9 Å². The summed E-state index contributed by atoms with van der Waals surface area (Å²) >= 11 is 0. The molecule has 0 aliphatic carbocycles. The van der Waals surface area contributed by atoms with E-state index in [1.54, 1.807) is 0 Å². The molecule has 0 aromatic carbocycles. The molecular weight excluding hydrogens is 282 g/mol. The van der Waals surface area contributed by atoms with Crippen LogP contribution in [0.25, 0.3) is 0 Å². The highest BCUT2D eigenvalue weighted by Crippen LogP contribution is 2.18. The van der Waals surface area contributed by atoms with Crippen molar-refractivity contribution in [2.75, 3.05) is 39.1 Å². The van der Waals surface area contributed by atoms with Crippen molar-refractivity contribution in [2.24, 2.45) is 0 Å². The van der Waals surface area contributed by atoms with Gasteiger partial charge in [0, 0.05) is 0 Å². The Kier molecular flexibility index (Phi) is 5.36. The van der Waals surface area contributed by atoms with E-state index >= 15 is 0 Å². The van der Waals surface area contributed by atoms with E-state index < -0.39 is 10.0 Å². The molecule has 2 saturated heterocycles. The highest BCUT2D eigenvalue weighted by atomic mass is 32.2. The summed E-state index contributed by atoms with van der Waals surface area (Å²) < 4.78 is 29.6. The Morgan fingerprint density at radius 2 is 1.95 bits per heavy atom. The first-order chi connectivity index (χ1) is 9.46. The Hall–Kier alpha value is -0.700. The monoisotopic (exact) mass is 305 g/mol. The minimum Gasteiger partial charge on any atom is -0.378 e. The third kappa shape index (κ3) is 4.69. The number of carbonyl (C=O) groups excluding carboxylic acids is 1. The van der Waals surface area contributed by atoms with Gasteiger partial charge in [0.1, 0.15) is 0 Å². The van der Waals surface area contributed by atoms with Crippen LogP contribution >= 0.6 is 0 Å². The van der Waals surface area contributed by atoms with Gasteiger partial charge >= 0.3 is 0 Å². The average Bonchev–Trinajstić information content (AvgIpc) is 2.85. The fourth-order valence-corrected chi connectivity index (χ4v) is 3.14. The maximum atomic E-state index is 11.8. The van der Waals surface area contributed by atoms with Crippen LogP contribution in [-0.2, 0) is 19.6 Å². The molecule has 0 unspecified atom stereocenters. The highest BCUT2D eigenvalue weighted by molar-refractivity contribution is 7.88. The number of piperidine rings is 1. The summed E-state index contributed by atoms with van der Waals surface area (Å²) in [7, 11) is -3.34. The first kappa shape index (κ1) is 15.7. The van der Waals surface area contributed by atoms with Gasteiger partial charge in [-0.15, -0.1) is 0 Å². The number of carbonyl (C=O) groups is 1. The molecule has 20 heavy (non-hydrogen) atoms. The van der Waals surface area contributed by atoms with Gasteiger partial charge in [-0.05, 0) is 25.9 Å². The first-order valence-corrected chi connectivity index (χ1v) is 8.90. The van der Waals surface area contributed by atoms with Gasteiger partial charge in [-0.1, -0.05) is 6.42 Å². The van der Waals surface area contributed by atoms with E-state index in [2.05, 4.69) is 14.9 Å². The van der Waals surface area contributed by atoms with E-state index in [1.165, 1.54) is 19.3 Å². The summed E-state index contributed by atoms with van der Waals surface area (Å²) in [6.07, 6.45) is 4.68. The second kappa shape index (κ2) is 6.84. The Balaban J connectivity index is 1.82. The minimum absolute atomic E-state index is 0.0537. The fourth-order valence-electron chi connectivity index (χ4n) is 2.75. The van der Waals surface area contributed by atoms with Gasteiger partial charge in [0.2, 0.25) is 15.9 Å². The molecule has 8 heteroatoms. The molecule has 2 N–H and O–H groups in total. The molecule has 0 saturated carbocycles. The van der Waals surface area contributed by atoms with E-state index in [-0.39, 0.29) is 24.5 Å². The largest absolute Gasteiger partial charge is 0.378 e. The van der Waals surface area contributed by atoms with Crippen molar-refractivity contribution in [3.05, 3.63) is 0 Å². The SMILES string of the molecule is CS(=O)(=O)NCC(=O)N[C@H]1COC[C@@H]1N1CCCCC1. The molecule has 2 aliphatic heterocycles. The number of hydrogen-bond acceptors (Lipinski definition) is 5. The zero-order valence-electron chi connectivity index (χ0n) is 11.8. The summed E-state index contributed by atoms with van der Waals surface area (Å²) in [6, 6.07) is 0.152. The van der Waals surface area contributed by atoms with Crippen LogP contribution in [0.2, 0.25) is 0 Å². The molecule has 0 radical (unpaired) electrons. The molecule has 116 valence electrons. The number of ether oxygens (including phenoxy) is 1. The lowest BCUT2D eigenvalue weighted by Gasteiger charge is -2.34. The number of nitrogens with zero attached hydrogens (tertiary/aromatic N) is 1. The van der Waals surface area contributed by atoms with Crippen LogP contribution in [0.5, 0.6) is 0 Å². The molecule has 0 bridgehead atoms. The van der Waals surface area contributed by atoms with E-state index in [0.717, 1.165) is 19.3 Å². The molecule has 2 heterocycles. The summed E-state index contributed by atoms with van der Waals surface area (Å²) in [6.45, 7) is 2.99. The molecule has 0 spiro atoms. The number of likely N-dealkylation sites (tertiary alicyclic amines) is 1. The zero-order valence-corrected chi connectivity index (χ0v) is 12.6. The Morgan fingerprint density at radius 3 is 2.60 bits per heavy atom. The lowest BCUT2D eigenvalue weighted by atomic mass is 10.0. The van der Waals surface area contributed by atoms with Crippen LogP contribution in [0.3, 0.4) is 0 Å². The van der Waals surface area contributed by atoms with Crippen molar-refractivity contribution >= 4 is 15.9 Å². The molecule has 2 aliphatic rings. The molecule has 2 atom stereocenters. The average molecular weight is 305 g/mol. The van der Waals surface area contributed by atoms with E-state index in [0.29, 0.717) is 13.2 Å². The summed E-state index contributed by atoms with van der Waals surface area (Å²) in [5.74, 6) is -0.312. The molecule has 1 amide bonds. The summed E-state index contributed by atoms with van der Waals surface area (Å²) in [4.78, 5) is 14.1. The smallest absolute Gasteiger partial charge is 0.235 e. The van der Waals surface area contributed by atoms with Crippen molar-refractivity contribution in [2.45, 2.75) is 31.3 Å². The summed E-state index contributed by atoms with van der Waals surface area (Å²) in [5, 5.41) is 2.87. The Bertz CT molecular complexity index is 434. The second-order valence-electron chi connectivity index (χ2n) is 5.47. The number of nitrogens with one attached hydrogen (secondary N) is 2. The molecule has 2 fully saturated rings. The quantitative estimate of drug-likeness (QED) is 0.673. The van der Waals surface area contributed by atoms with Gasteiger partial charge in [0.05, 0.1) is 38.1 Å². The predicted octanol–water partition coefficient (Wildman–Crippen LogP) is -1.09. The van der Waals surface area contributed by atoms with Crippen LogP contribution in [0, 0.1) is 0 Å². The molecule has 0 aromatic rings. The van der Waals surface area contributed by atoms with Crippen molar-refractivity contribution in [1.29, 1.82) is 0 Å². The maximum absolute atomic E-state index is 11.8. The number of amides is 1. The Labute approximate surface area is 120 Å². The van der Waals surface area contributed by atoms with Crippen molar-refractivity contribution < 1.29 is 17.9 Å². The van der Waals surface area contributed by atoms with Crippen molar-refractivity contribution in [3.63, 3.8) is 0 Å². The zero-order chi connectivity index (χ0) is 14.6. The molecular formula is C12H23N3O4S. The van der Waals surface area contributed by atoms with Crippen LogP contribution in [0.4, 0.5) is 0 Å². The fraction of sp³-hybridized carbons (Fsp3) is 0.917. The van der Waals surface area contributed by atoms with Crippen LogP contribution in [0.1, 0.15) is 19.3 Å². The minimum atomic E-state index is -3.34. The van der Waals surface area contributed by atoms with Crippen LogP contribution in [-0.4, -0.2) is 70.4 Å². The number of hydrogen-bond donors (Lipinski definition) is 2. The topological polar surface area (TPSA) is 87.7 Å². The third-order valence-corrected chi connectivity index (χ3v) is 4.42. The molecule has 0 aromatic heterocycles. The lowest BCUT2D eigenvalue weighted by molar-refractivity contribution is -0.121. The van der Waals surface area contributed by atoms with Crippen LogP contribution < -0.4 is 10.0 Å². The lowest BCUT2D eigenvalue weighted by Crippen LogP contribution is -2.53. The van der Waals surface area contributed by atoms with Crippen molar-refractivity contribution in [3.8, 4) is 0 Å². The van der Waals surface area contributed by atoms with Gasteiger partial charge in [0.25, 0.3) is 0 Å². The molecule has 2 rings (SSSR count). The predicted molar refractivity (Wildman–Crippen MR) is 74.8 cm³/mol. The third-order valence-electron chi connectivity index (χ3n) is 3.75. The maximum Gasteiger partial charge on any atom is 0.235 e. The number of rotatable bonds is 5. The van der Waals surface area contributed by atoms with Gasteiger partial charge < -0.3 is 10.1 Å². The van der Waals surface area contributed by atoms with Gasteiger partial charge in [-0.2, -0.15) is 0 Å². The standard InChI is InChI=1S/C12H23N3O4S/c1-20(17,18)13-7-12(16)14-10-8-19-9-11(10)15-5-3-2-4-6-15/h10-11,13H,2-9H2,1H3,(H,14,16)/t10-,11-/m0/s1.